The van der Waals surface area contributed by atoms with Crippen LogP contribution in [-0.4, -0.2) is 23.3 Å². The van der Waals surface area contributed by atoms with Crippen LogP contribution in [0, 0.1) is 0 Å². The Morgan fingerprint density at radius 2 is 2.06 bits per heavy atom. The summed E-state index contributed by atoms with van der Waals surface area (Å²) < 4.78 is 0. The highest BCUT2D eigenvalue weighted by atomic mass is 35.5. The number of hydrogen-bond donors (Lipinski definition) is 0. The molecule has 1 unspecified atom stereocenters. The van der Waals surface area contributed by atoms with Crippen LogP contribution in [0.1, 0.15) is 38.2 Å². The van der Waals surface area contributed by atoms with Crippen molar-refractivity contribution in [3.05, 3.63) is 34.9 Å². The van der Waals surface area contributed by atoms with Gasteiger partial charge in [0.05, 0.1) is 0 Å². The highest BCUT2D eigenvalue weighted by Gasteiger charge is 2.23. The molecule has 98 valence electrons. The first-order chi connectivity index (χ1) is 8.65. The second-order valence-electron chi connectivity index (χ2n) is 5.15. The van der Waals surface area contributed by atoms with Crippen LogP contribution < -0.4 is 0 Å². The van der Waals surface area contributed by atoms with E-state index in [9.17, 15) is 4.79 Å². The van der Waals surface area contributed by atoms with Gasteiger partial charge in [-0.2, -0.15) is 0 Å². The molecule has 18 heavy (non-hydrogen) atoms. The summed E-state index contributed by atoms with van der Waals surface area (Å²) in [6, 6.07) is 8.43. The molecule has 0 bridgehead atoms. The SMILES string of the molecule is CC(=O)CC1CCCCN1Cc1ccc(Cl)cc1. The molecule has 0 aliphatic carbocycles. The van der Waals surface area contributed by atoms with Crippen LogP contribution in [0.4, 0.5) is 0 Å². The van der Waals surface area contributed by atoms with Crippen molar-refractivity contribution in [1.82, 2.24) is 4.90 Å². The standard InChI is InChI=1S/C15H20ClNO/c1-12(18)10-15-4-2-3-9-17(15)11-13-5-7-14(16)8-6-13/h5-8,15H,2-4,9-11H2,1H3. The highest BCUT2D eigenvalue weighted by molar-refractivity contribution is 6.30. The van der Waals surface area contributed by atoms with Gasteiger partial charge in [0.1, 0.15) is 5.78 Å². The lowest BCUT2D eigenvalue weighted by molar-refractivity contribution is -0.118. The molecular formula is C15H20ClNO. The van der Waals surface area contributed by atoms with Gasteiger partial charge in [0.2, 0.25) is 0 Å². The molecular weight excluding hydrogens is 246 g/mol. The van der Waals surface area contributed by atoms with E-state index in [1.165, 1.54) is 18.4 Å². The minimum atomic E-state index is 0.294. The number of halogens is 1. The average molecular weight is 266 g/mol. The molecule has 1 atom stereocenters. The van der Waals surface area contributed by atoms with Crippen LogP contribution in [0.15, 0.2) is 24.3 Å². The number of likely N-dealkylation sites (tertiary alicyclic amines) is 1. The van der Waals surface area contributed by atoms with Crippen molar-refractivity contribution in [2.75, 3.05) is 6.54 Å². The molecule has 0 aromatic heterocycles. The summed E-state index contributed by atoms with van der Waals surface area (Å²) in [5, 5.41) is 0.776. The second-order valence-corrected chi connectivity index (χ2v) is 5.59. The molecule has 2 nitrogen and oxygen atoms in total. The summed E-state index contributed by atoms with van der Waals surface area (Å²) in [5.41, 5.74) is 1.27. The van der Waals surface area contributed by atoms with E-state index in [-0.39, 0.29) is 0 Å². The van der Waals surface area contributed by atoms with E-state index in [1.54, 1.807) is 6.92 Å². The molecule has 1 fully saturated rings. The van der Waals surface area contributed by atoms with Gasteiger partial charge in [-0.25, -0.2) is 0 Å². The van der Waals surface area contributed by atoms with E-state index in [0.717, 1.165) is 24.5 Å². The molecule has 0 amide bonds. The van der Waals surface area contributed by atoms with E-state index in [0.29, 0.717) is 18.2 Å². The normalized spacial score (nSPS) is 20.9. The number of ketones is 1. The molecule has 0 spiro atoms. The summed E-state index contributed by atoms with van der Waals surface area (Å²) >= 11 is 5.89. The summed E-state index contributed by atoms with van der Waals surface area (Å²) in [7, 11) is 0. The second kappa shape index (κ2) is 6.35. The predicted octanol–water partition coefficient (Wildman–Crippen LogP) is 3.67. The summed E-state index contributed by atoms with van der Waals surface area (Å²) in [6.07, 6.45) is 4.32. The van der Waals surface area contributed by atoms with Crippen LogP contribution in [0.3, 0.4) is 0 Å². The van der Waals surface area contributed by atoms with E-state index < -0.39 is 0 Å². The Morgan fingerprint density at radius 3 is 2.72 bits per heavy atom. The third-order valence-electron chi connectivity index (χ3n) is 3.57. The predicted molar refractivity (Wildman–Crippen MR) is 74.8 cm³/mol. The van der Waals surface area contributed by atoms with Crippen molar-refractivity contribution in [3.63, 3.8) is 0 Å². The minimum Gasteiger partial charge on any atom is -0.300 e. The van der Waals surface area contributed by atoms with Crippen molar-refractivity contribution in [3.8, 4) is 0 Å². The van der Waals surface area contributed by atoms with Crippen molar-refractivity contribution in [2.24, 2.45) is 0 Å². The molecule has 1 heterocycles. The van der Waals surface area contributed by atoms with Crippen LogP contribution in [0.5, 0.6) is 0 Å². The van der Waals surface area contributed by atoms with Crippen molar-refractivity contribution in [1.29, 1.82) is 0 Å². The van der Waals surface area contributed by atoms with Gasteiger partial charge in [-0.15, -0.1) is 0 Å². The number of piperidine rings is 1. The van der Waals surface area contributed by atoms with Gasteiger partial charge < -0.3 is 0 Å². The molecule has 0 N–H and O–H groups in total. The maximum Gasteiger partial charge on any atom is 0.131 e. The van der Waals surface area contributed by atoms with E-state index in [1.807, 2.05) is 12.1 Å². The van der Waals surface area contributed by atoms with Crippen LogP contribution in [0.25, 0.3) is 0 Å². The van der Waals surface area contributed by atoms with Crippen molar-refractivity contribution < 1.29 is 4.79 Å². The minimum absolute atomic E-state index is 0.294. The quantitative estimate of drug-likeness (QED) is 0.828. The summed E-state index contributed by atoms with van der Waals surface area (Å²) in [5.74, 6) is 0.294. The number of carbonyl (C=O) groups excluding carboxylic acids is 1. The monoisotopic (exact) mass is 265 g/mol. The maximum absolute atomic E-state index is 11.3. The lowest BCUT2D eigenvalue weighted by atomic mass is 9.97. The number of rotatable bonds is 4. The van der Waals surface area contributed by atoms with Gasteiger partial charge in [-0.3, -0.25) is 9.69 Å². The molecule has 2 rings (SSSR count). The Balaban J connectivity index is 2.00. The number of Topliss-reactive ketones (excluding diaryl/α,β-unsaturated/α-hetero) is 1. The number of nitrogens with zero attached hydrogens (tertiary/aromatic N) is 1. The van der Waals surface area contributed by atoms with Crippen molar-refractivity contribution in [2.45, 2.75) is 45.2 Å². The third-order valence-corrected chi connectivity index (χ3v) is 3.82. The average Bonchev–Trinajstić information content (AvgIpc) is 2.34. The zero-order chi connectivity index (χ0) is 13.0. The van der Waals surface area contributed by atoms with Gasteiger partial charge in [-0.05, 0) is 44.0 Å². The largest absolute Gasteiger partial charge is 0.300 e. The molecule has 0 radical (unpaired) electrons. The molecule has 1 aliphatic heterocycles. The lowest BCUT2D eigenvalue weighted by Crippen LogP contribution is -2.39. The fraction of sp³-hybridized carbons (Fsp3) is 0.533. The zero-order valence-electron chi connectivity index (χ0n) is 10.9. The Bertz CT molecular complexity index is 401. The number of hydrogen-bond acceptors (Lipinski definition) is 2. The molecule has 0 saturated carbocycles. The van der Waals surface area contributed by atoms with Crippen LogP contribution in [-0.2, 0) is 11.3 Å². The molecule has 1 aliphatic rings. The van der Waals surface area contributed by atoms with Gasteiger partial charge in [0.15, 0.2) is 0 Å². The zero-order valence-corrected chi connectivity index (χ0v) is 11.6. The van der Waals surface area contributed by atoms with Gasteiger partial charge in [0.25, 0.3) is 0 Å². The highest BCUT2D eigenvalue weighted by Crippen LogP contribution is 2.22. The number of benzene rings is 1. The van der Waals surface area contributed by atoms with Gasteiger partial charge in [0, 0.05) is 24.0 Å². The van der Waals surface area contributed by atoms with E-state index >= 15 is 0 Å². The third kappa shape index (κ3) is 3.82. The fourth-order valence-electron chi connectivity index (χ4n) is 2.66. The molecule has 3 heteroatoms. The topological polar surface area (TPSA) is 20.3 Å². The Morgan fingerprint density at radius 1 is 1.33 bits per heavy atom. The summed E-state index contributed by atoms with van der Waals surface area (Å²) in [6.45, 7) is 3.71. The first-order valence-corrected chi connectivity index (χ1v) is 7.01. The van der Waals surface area contributed by atoms with Gasteiger partial charge in [-0.1, -0.05) is 30.2 Å². The van der Waals surface area contributed by atoms with Gasteiger partial charge >= 0.3 is 0 Å². The van der Waals surface area contributed by atoms with E-state index in [2.05, 4.69) is 17.0 Å². The Kier molecular flexibility index (Phi) is 4.79. The molecule has 1 saturated heterocycles. The maximum atomic E-state index is 11.3. The van der Waals surface area contributed by atoms with E-state index in [4.69, 9.17) is 11.6 Å². The number of carbonyl (C=O) groups is 1. The fourth-order valence-corrected chi connectivity index (χ4v) is 2.78. The van der Waals surface area contributed by atoms with Crippen LogP contribution >= 0.6 is 11.6 Å². The Hall–Kier alpha value is -0.860. The lowest BCUT2D eigenvalue weighted by Gasteiger charge is -2.35. The van der Waals surface area contributed by atoms with Crippen LogP contribution in [0.2, 0.25) is 5.02 Å². The first kappa shape index (κ1) is 13.6. The van der Waals surface area contributed by atoms with Crippen molar-refractivity contribution >= 4 is 17.4 Å². The first-order valence-electron chi connectivity index (χ1n) is 6.63. The Labute approximate surface area is 114 Å². The molecule has 1 aromatic carbocycles. The summed E-state index contributed by atoms with van der Waals surface area (Å²) in [4.78, 5) is 13.7. The molecule has 1 aromatic rings. The smallest absolute Gasteiger partial charge is 0.131 e.